The van der Waals surface area contributed by atoms with Crippen LogP contribution in [0.2, 0.25) is 5.02 Å². The van der Waals surface area contributed by atoms with Gasteiger partial charge in [-0.2, -0.15) is 22.9 Å². The van der Waals surface area contributed by atoms with Gasteiger partial charge >= 0.3 is 12.1 Å². The maximum atomic E-state index is 13.4. The number of halogens is 4. The van der Waals surface area contributed by atoms with E-state index < -0.39 is 23.3 Å². The van der Waals surface area contributed by atoms with Crippen molar-refractivity contribution >= 4 is 34.7 Å². The van der Waals surface area contributed by atoms with E-state index in [9.17, 15) is 22.8 Å². The summed E-state index contributed by atoms with van der Waals surface area (Å²) in [4.78, 5) is 29.6. The summed E-state index contributed by atoms with van der Waals surface area (Å²) in [5.74, 6) is -0.348. The molecule has 8 nitrogen and oxygen atoms in total. The van der Waals surface area contributed by atoms with Crippen LogP contribution in [0.4, 0.5) is 13.2 Å². The minimum atomic E-state index is -4.59. The van der Waals surface area contributed by atoms with Crippen LogP contribution in [0.5, 0.6) is 11.5 Å². The third-order valence-electron chi connectivity index (χ3n) is 5.50. The number of hydrogen-bond acceptors (Lipinski definition) is 7. The SMILES string of the molecule is CCOC(=O)COc1c(Cl)cc(C=Nn2c(-c3cccc(C(F)(F)F)c3)nc3ccccc3c2=O)cc1OCC. The van der Waals surface area contributed by atoms with E-state index in [4.69, 9.17) is 25.8 Å². The van der Waals surface area contributed by atoms with Crippen molar-refractivity contribution in [2.24, 2.45) is 5.10 Å². The number of ether oxygens (including phenoxy) is 3. The Labute approximate surface area is 231 Å². The van der Waals surface area contributed by atoms with Crippen LogP contribution in [0, 0.1) is 0 Å². The zero-order valence-corrected chi connectivity index (χ0v) is 22.1. The van der Waals surface area contributed by atoms with Crippen molar-refractivity contribution in [1.82, 2.24) is 9.66 Å². The highest BCUT2D eigenvalue weighted by atomic mass is 35.5. The Bertz CT molecular complexity index is 1640. The van der Waals surface area contributed by atoms with Gasteiger partial charge in [0.2, 0.25) is 0 Å². The highest BCUT2D eigenvalue weighted by Gasteiger charge is 2.31. The Balaban J connectivity index is 1.80. The van der Waals surface area contributed by atoms with Crippen LogP contribution in [-0.2, 0) is 15.7 Å². The molecule has 0 spiro atoms. The molecule has 1 heterocycles. The van der Waals surface area contributed by atoms with Gasteiger partial charge in [-0.3, -0.25) is 4.79 Å². The molecule has 0 aliphatic rings. The van der Waals surface area contributed by atoms with Gasteiger partial charge in [-0.05, 0) is 55.8 Å². The Morgan fingerprint density at radius 3 is 2.55 bits per heavy atom. The molecule has 0 saturated heterocycles. The van der Waals surface area contributed by atoms with Gasteiger partial charge in [0.1, 0.15) is 0 Å². The van der Waals surface area contributed by atoms with Crippen LogP contribution in [0.3, 0.4) is 0 Å². The Morgan fingerprint density at radius 1 is 1.05 bits per heavy atom. The van der Waals surface area contributed by atoms with Gasteiger partial charge in [0, 0.05) is 5.56 Å². The number of hydrogen-bond donors (Lipinski definition) is 0. The summed E-state index contributed by atoms with van der Waals surface area (Å²) >= 11 is 6.40. The second kappa shape index (κ2) is 12.2. The summed E-state index contributed by atoms with van der Waals surface area (Å²) in [6.07, 6.45) is -3.30. The Hall–Kier alpha value is -4.38. The second-order valence-electron chi connectivity index (χ2n) is 8.25. The zero-order valence-electron chi connectivity index (χ0n) is 21.4. The molecule has 0 bridgehead atoms. The van der Waals surface area contributed by atoms with Gasteiger partial charge in [0.05, 0.1) is 40.9 Å². The van der Waals surface area contributed by atoms with E-state index in [0.29, 0.717) is 11.1 Å². The predicted octanol–water partition coefficient (Wildman–Crippen LogP) is 5.96. The van der Waals surface area contributed by atoms with Gasteiger partial charge in [-0.1, -0.05) is 35.9 Å². The number of rotatable bonds is 9. The van der Waals surface area contributed by atoms with Crippen molar-refractivity contribution in [2.75, 3.05) is 19.8 Å². The Kier molecular flexibility index (Phi) is 8.73. The van der Waals surface area contributed by atoms with Gasteiger partial charge in [-0.25, -0.2) is 9.78 Å². The number of benzene rings is 3. The maximum Gasteiger partial charge on any atom is 0.416 e. The average Bonchev–Trinajstić information content (AvgIpc) is 2.92. The lowest BCUT2D eigenvalue weighted by atomic mass is 10.1. The lowest BCUT2D eigenvalue weighted by Crippen LogP contribution is -2.20. The van der Waals surface area contributed by atoms with Crippen molar-refractivity contribution in [3.8, 4) is 22.9 Å². The number of nitrogens with zero attached hydrogens (tertiary/aromatic N) is 3. The first-order valence-corrected chi connectivity index (χ1v) is 12.5. The van der Waals surface area contributed by atoms with Crippen molar-refractivity contribution in [3.63, 3.8) is 0 Å². The molecule has 0 radical (unpaired) electrons. The highest BCUT2D eigenvalue weighted by molar-refractivity contribution is 6.32. The van der Waals surface area contributed by atoms with Gasteiger partial charge in [-0.15, -0.1) is 0 Å². The molecule has 0 N–H and O–H groups in total. The van der Waals surface area contributed by atoms with E-state index in [1.165, 1.54) is 30.5 Å². The number of carbonyl (C=O) groups excluding carboxylic acids is 1. The monoisotopic (exact) mass is 573 g/mol. The molecule has 0 atom stereocenters. The van der Waals surface area contributed by atoms with Crippen LogP contribution >= 0.6 is 11.6 Å². The van der Waals surface area contributed by atoms with Gasteiger partial charge in [0.25, 0.3) is 5.56 Å². The average molecular weight is 574 g/mol. The first kappa shape index (κ1) is 28.6. The Morgan fingerprint density at radius 2 is 1.82 bits per heavy atom. The summed E-state index contributed by atoms with van der Waals surface area (Å²) < 4.78 is 57.1. The molecular formula is C28H23ClF3N3O5. The van der Waals surface area contributed by atoms with Crippen molar-refractivity contribution in [1.29, 1.82) is 0 Å². The lowest BCUT2D eigenvalue weighted by molar-refractivity contribution is -0.145. The molecule has 0 aliphatic heterocycles. The largest absolute Gasteiger partial charge is 0.490 e. The molecule has 208 valence electrons. The molecule has 0 unspecified atom stereocenters. The third-order valence-corrected chi connectivity index (χ3v) is 5.78. The van der Waals surface area contributed by atoms with E-state index in [1.54, 1.807) is 38.1 Å². The van der Waals surface area contributed by atoms with Gasteiger partial charge in [0.15, 0.2) is 23.9 Å². The summed E-state index contributed by atoms with van der Waals surface area (Å²) in [6.45, 7) is 3.46. The van der Waals surface area contributed by atoms with Crippen LogP contribution in [0.1, 0.15) is 25.0 Å². The minimum Gasteiger partial charge on any atom is -0.490 e. The maximum absolute atomic E-state index is 13.4. The molecule has 0 saturated carbocycles. The van der Waals surface area contributed by atoms with Crippen LogP contribution < -0.4 is 15.0 Å². The molecule has 3 aromatic carbocycles. The van der Waals surface area contributed by atoms with Crippen LogP contribution in [-0.4, -0.2) is 41.7 Å². The molecule has 12 heteroatoms. The van der Waals surface area contributed by atoms with Gasteiger partial charge < -0.3 is 14.2 Å². The molecule has 4 aromatic rings. The first-order chi connectivity index (χ1) is 19.1. The molecule has 0 aliphatic carbocycles. The number of aromatic nitrogens is 2. The number of fused-ring (bicyclic) bond motifs is 1. The fourth-order valence-corrected chi connectivity index (χ4v) is 4.05. The topological polar surface area (TPSA) is 92.0 Å². The summed E-state index contributed by atoms with van der Waals surface area (Å²) in [5.41, 5.74) is -0.747. The first-order valence-electron chi connectivity index (χ1n) is 12.1. The van der Waals surface area contributed by atoms with Crippen molar-refractivity contribution in [2.45, 2.75) is 20.0 Å². The van der Waals surface area contributed by atoms with E-state index >= 15 is 0 Å². The second-order valence-corrected chi connectivity index (χ2v) is 8.66. The molecular weight excluding hydrogens is 551 g/mol. The van der Waals surface area contributed by atoms with Crippen molar-refractivity contribution in [3.05, 3.63) is 87.2 Å². The van der Waals surface area contributed by atoms with E-state index in [1.807, 2.05) is 0 Å². The lowest BCUT2D eigenvalue weighted by Gasteiger charge is -2.14. The standard InChI is InChI=1S/C28H23ClF3N3O5/c1-3-38-23-13-17(12-21(29)25(23)40-16-24(36)39-4-2)15-33-35-26(18-8-7-9-19(14-18)28(30,31)32)34-22-11-6-5-10-20(22)27(35)37/h5-15H,3-4,16H2,1-2H3. The fourth-order valence-electron chi connectivity index (χ4n) is 3.78. The van der Waals surface area contributed by atoms with Crippen LogP contribution in [0.15, 0.2) is 70.6 Å². The summed E-state index contributed by atoms with van der Waals surface area (Å²) in [6, 6.07) is 13.9. The summed E-state index contributed by atoms with van der Waals surface area (Å²) in [5, 5.41) is 4.60. The quantitative estimate of drug-likeness (QED) is 0.181. The minimum absolute atomic E-state index is 0.0468. The number of carbonyl (C=O) groups is 1. The predicted molar refractivity (Wildman–Crippen MR) is 144 cm³/mol. The third kappa shape index (κ3) is 6.42. The smallest absolute Gasteiger partial charge is 0.416 e. The number of esters is 1. The molecule has 0 fully saturated rings. The molecule has 0 amide bonds. The van der Waals surface area contributed by atoms with Crippen molar-refractivity contribution < 1.29 is 32.2 Å². The fraction of sp³-hybridized carbons (Fsp3) is 0.214. The highest BCUT2D eigenvalue weighted by Crippen LogP contribution is 2.36. The molecule has 40 heavy (non-hydrogen) atoms. The van der Waals surface area contributed by atoms with Crippen LogP contribution in [0.25, 0.3) is 22.3 Å². The normalized spacial score (nSPS) is 11.7. The van der Waals surface area contributed by atoms with E-state index in [2.05, 4.69) is 10.1 Å². The summed E-state index contributed by atoms with van der Waals surface area (Å²) in [7, 11) is 0. The van der Waals surface area contributed by atoms with E-state index in [-0.39, 0.29) is 53.1 Å². The number of alkyl halides is 3. The molecule has 4 rings (SSSR count). The molecule has 1 aromatic heterocycles. The zero-order chi connectivity index (χ0) is 28.9. The number of para-hydroxylation sites is 1. The van der Waals surface area contributed by atoms with E-state index in [0.717, 1.165) is 16.8 Å².